The Balaban J connectivity index is 2.78. The molecule has 0 unspecified atom stereocenters. The van der Waals surface area contributed by atoms with Gasteiger partial charge in [-0.2, -0.15) is 5.26 Å². The maximum absolute atomic E-state index is 11.7. The second-order valence-corrected chi connectivity index (χ2v) is 6.29. The van der Waals surface area contributed by atoms with Crippen molar-refractivity contribution >= 4 is 12.0 Å². The number of methoxy groups -OCH3 is 4. The fraction of sp³-hybridized carbons (Fsp3) is 0.364. The highest BCUT2D eigenvalue weighted by molar-refractivity contribution is 5.92. The number of hydrogen-bond acceptors (Lipinski definition) is 7. The highest BCUT2D eigenvalue weighted by atomic mass is 16.5. The predicted octanol–water partition coefficient (Wildman–Crippen LogP) is 3.26. The van der Waals surface area contributed by atoms with E-state index in [0.29, 0.717) is 40.6 Å². The molecule has 30 heavy (non-hydrogen) atoms. The Morgan fingerprint density at radius 2 is 1.90 bits per heavy atom. The molecule has 160 valence electrons. The summed E-state index contributed by atoms with van der Waals surface area (Å²) in [5.74, 6) is 0.903. The van der Waals surface area contributed by atoms with Gasteiger partial charge < -0.3 is 29.2 Å². The Morgan fingerprint density at radius 1 is 1.17 bits per heavy atom. The van der Waals surface area contributed by atoms with Gasteiger partial charge in [0, 0.05) is 35.0 Å². The summed E-state index contributed by atoms with van der Waals surface area (Å²) in [5, 5.41) is 13.0. The number of nitriles is 1. The molecule has 2 N–H and O–H groups in total. The summed E-state index contributed by atoms with van der Waals surface area (Å²) >= 11 is 0. The van der Waals surface area contributed by atoms with Crippen LogP contribution in [0.2, 0.25) is 0 Å². The van der Waals surface area contributed by atoms with Crippen molar-refractivity contribution in [2.75, 3.05) is 35.0 Å². The van der Waals surface area contributed by atoms with Crippen LogP contribution in [0.1, 0.15) is 30.3 Å². The second kappa shape index (κ2) is 10.9. The van der Waals surface area contributed by atoms with E-state index < -0.39 is 5.97 Å². The first-order valence-electron chi connectivity index (χ1n) is 9.47. The van der Waals surface area contributed by atoms with E-state index in [2.05, 4.69) is 23.3 Å². The van der Waals surface area contributed by atoms with E-state index in [4.69, 9.17) is 18.9 Å². The van der Waals surface area contributed by atoms with Crippen molar-refractivity contribution in [1.29, 1.82) is 5.26 Å². The third-order valence-corrected chi connectivity index (χ3v) is 4.52. The van der Waals surface area contributed by atoms with Crippen LogP contribution < -0.4 is 19.5 Å². The zero-order chi connectivity index (χ0) is 22.1. The average Bonchev–Trinajstić information content (AvgIpc) is 3.13. The standard InChI is InChI=1S/C22H27N3O5/c1-6-11-24-13-17-20(14(16(12-23)25-17)8-10-19(26)28-3)15-7-9-18(27-2)22(30-5)21(15)29-4/h7-10,24-25H,6,11,13H2,1-5H3. The van der Waals surface area contributed by atoms with E-state index in [1.54, 1.807) is 19.3 Å². The van der Waals surface area contributed by atoms with E-state index in [1.165, 1.54) is 27.4 Å². The number of H-pyrrole nitrogens is 1. The Morgan fingerprint density at radius 3 is 2.47 bits per heavy atom. The van der Waals surface area contributed by atoms with Crippen LogP contribution in [0.3, 0.4) is 0 Å². The van der Waals surface area contributed by atoms with Gasteiger partial charge in [0.1, 0.15) is 11.8 Å². The summed E-state index contributed by atoms with van der Waals surface area (Å²) in [4.78, 5) is 14.8. The molecule has 0 radical (unpaired) electrons. The number of carbonyl (C=O) groups excluding carboxylic acids is 1. The monoisotopic (exact) mass is 413 g/mol. The summed E-state index contributed by atoms with van der Waals surface area (Å²) in [6.07, 6.45) is 3.82. The highest BCUT2D eigenvalue weighted by Gasteiger charge is 2.24. The summed E-state index contributed by atoms with van der Waals surface area (Å²) < 4.78 is 21.2. The van der Waals surface area contributed by atoms with Gasteiger partial charge in [-0.3, -0.25) is 0 Å². The third kappa shape index (κ3) is 4.75. The zero-order valence-corrected chi connectivity index (χ0v) is 17.9. The highest BCUT2D eigenvalue weighted by Crippen LogP contribution is 2.46. The van der Waals surface area contributed by atoms with Gasteiger partial charge in [0.15, 0.2) is 11.5 Å². The first-order valence-corrected chi connectivity index (χ1v) is 9.47. The van der Waals surface area contributed by atoms with Crippen molar-refractivity contribution in [1.82, 2.24) is 10.3 Å². The van der Waals surface area contributed by atoms with Gasteiger partial charge in [-0.15, -0.1) is 0 Å². The largest absolute Gasteiger partial charge is 0.493 e. The molecule has 0 saturated carbocycles. The normalized spacial score (nSPS) is 10.7. The van der Waals surface area contributed by atoms with Crippen molar-refractivity contribution < 1.29 is 23.7 Å². The molecule has 0 saturated heterocycles. The number of aromatic amines is 1. The van der Waals surface area contributed by atoms with Gasteiger partial charge in [0.2, 0.25) is 5.75 Å². The number of ether oxygens (including phenoxy) is 4. The smallest absolute Gasteiger partial charge is 0.330 e. The van der Waals surface area contributed by atoms with E-state index in [-0.39, 0.29) is 0 Å². The van der Waals surface area contributed by atoms with Crippen LogP contribution in [0.4, 0.5) is 0 Å². The van der Waals surface area contributed by atoms with Crippen molar-refractivity contribution in [2.45, 2.75) is 19.9 Å². The molecule has 8 nitrogen and oxygen atoms in total. The van der Waals surface area contributed by atoms with Crippen LogP contribution in [0.5, 0.6) is 17.2 Å². The molecule has 2 aromatic rings. The quantitative estimate of drug-likeness (QED) is 0.350. The Bertz CT molecular complexity index is 957. The maximum Gasteiger partial charge on any atom is 0.330 e. The lowest BCUT2D eigenvalue weighted by molar-refractivity contribution is -0.134. The van der Waals surface area contributed by atoms with Gasteiger partial charge in [0.05, 0.1) is 28.4 Å². The molecule has 0 fully saturated rings. The molecular formula is C22H27N3O5. The molecule has 0 aliphatic carbocycles. The van der Waals surface area contributed by atoms with E-state index in [1.807, 2.05) is 6.07 Å². The van der Waals surface area contributed by atoms with Crippen molar-refractivity contribution in [2.24, 2.45) is 0 Å². The molecule has 0 atom stereocenters. The summed E-state index contributed by atoms with van der Waals surface area (Å²) in [7, 11) is 5.92. The van der Waals surface area contributed by atoms with Gasteiger partial charge >= 0.3 is 5.97 Å². The minimum absolute atomic E-state index is 0.329. The van der Waals surface area contributed by atoms with E-state index in [9.17, 15) is 10.1 Å². The van der Waals surface area contributed by atoms with Crippen LogP contribution in [0, 0.1) is 11.3 Å². The first kappa shape index (κ1) is 22.8. The van der Waals surface area contributed by atoms with Gasteiger partial charge in [0.25, 0.3) is 0 Å². The Labute approximate surface area is 176 Å². The topological polar surface area (TPSA) is 106 Å². The van der Waals surface area contributed by atoms with Crippen LogP contribution in [0.25, 0.3) is 17.2 Å². The number of hydrogen-bond donors (Lipinski definition) is 2. The van der Waals surface area contributed by atoms with Gasteiger partial charge in [-0.1, -0.05) is 6.92 Å². The molecular weight excluding hydrogens is 386 g/mol. The number of nitrogens with one attached hydrogen (secondary N) is 2. The number of carbonyl (C=O) groups is 1. The maximum atomic E-state index is 11.7. The number of benzene rings is 1. The second-order valence-electron chi connectivity index (χ2n) is 6.29. The minimum Gasteiger partial charge on any atom is -0.493 e. The lowest BCUT2D eigenvalue weighted by atomic mass is 9.97. The molecule has 0 amide bonds. The lowest BCUT2D eigenvalue weighted by Gasteiger charge is -2.17. The molecule has 8 heteroatoms. The van der Waals surface area contributed by atoms with E-state index >= 15 is 0 Å². The molecule has 1 aromatic carbocycles. The van der Waals surface area contributed by atoms with Gasteiger partial charge in [-0.05, 0) is 31.2 Å². The molecule has 0 aliphatic rings. The molecule has 0 bridgehead atoms. The first-order chi connectivity index (χ1) is 14.6. The average molecular weight is 413 g/mol. The molecule has 0 spiro atoms. The van der Waals surface area contributed by atoms with Crippen molar-refractivity contribution in [3.8, 4) is 34.4 Å². The Hall–Kier alpha value is -3.44. The zero-order valence-electron chi connectivity index (χ0n) is 17.9. The SMILES string of the molecule is CCCNCc1[nH]c(C#N)c(C=CC(=O)OC)c1-c1ccc(OC)c(OC)c1OC. The van der Waals surface area contributed by atoms with Crippen LogP contribution in [0.15, 0.2) is 18.2 Å². The van der Waals surface area contributed by atoms with Crippen molar-refractivity contribution in [3.05, 3.63) is 35.2 Å². The number of aromatic nitrogens is 1. The molecule has 1 heterocycles. The third-order valence-electron chi connectivity index (χ3n) is 4.52. The number of rotatable bonds is 10. The van der Waals surface area contributed by atoms with E-state index in [0.717, 1.165) is 24.2 Å². The summed E-state index contributed by atoms with van der Waals surface area (Å²) in [6, 6.07) is 5.77. The van der Waals surface area contributed by atoms with Crippen LogP contribution in [-0.2, 0) is 16.1 Å². The fourth-order valence-corrected chi connectivity index (χ4v) is 3.17. The Kier molecular flexibility index (Phi) is 8.32. The molecule has 0 aliphatic heterocycles. The van der Waals surface area contributed by atoms with Crippen molar-refractivity contribution in [3.63, 3.8) is 0 Å². The molecule has 2 rings (SSSR count). The van der Waals surface area contributed by atoms with Crippen LogP contribution in [-0.4, -0.2) is 45.9 Å². The van der Waals surface area contributed by atoms with Gasteiger partial charge in [-0.25, -0.2) is 4.79 Å². The minimum atomic E-state index is -0.518. The number of nitrogens with zero attached hydrogens (tertiary/aromatic N) is 1. The molecule has 1 aromatic heterocycles. The lowest BCUT2D eigenvalue weighted by Crippen LogP contribution is -2.14. The summed E-state index contributed by atoms with van der Waals surface area (Å²) in [5.41, 5.74) is 3.10. The predicted molar refractivity (Wildman–Crippen MR) is 114 cm³/mol. The summed E-state index contributed by atoms with van der Waals surface area (Å²) in [6.45, 7) is 3.39. The number of esters is 1. The fourth-order valence-electron chi connectivity index (χ4n) is 3.17. The van der Waals surface area contributed by atoms with Crippen LogP contribution >= 0.6 is 0 Å².